The van der Waals surface area contributed by atoms with E-state index in [0.717, 1.165) is 203 Å². The van der Waals surface area contributed by atoms with Gasteiger partial charge >= 0.3 is 41.8 Å². The molecule has 0 spiro atoms. The predicted octanol–water partition coefficient (Wildman–Crippen LogP) is 34.2. The van der Waals surface area contributed by atoms with E-state index in [4.69, 9.17) is 52.1 Å². The van der Waals surface area contributed by atoms with Gasteiger partial charge in [0.05, 0.1) is 74.2 Å². The van der Waals surface area contributed by atoms with E-state index in [2.05, 4.69) is 82.8 Å². The summed E-state index contributed by atoms with van der Waals surface area (Å²) in [6.45, 7) is 15.3. The van der Waals surface area contributed by atoms with Crippen molar-refractivity contribution in [2.45, 2.75) is 516 Å². The number of rotatable bonds is 95. The van der Waals surface area contributed by atoms with Crippen molar-refractivity contribution in [1.29, 1.82) is 0 Å². The van der Waals surface area contributed by atoms with Gasteiger partial charge in [-0.2, -0.15) is 0 Å². The Bertz CT molecular complexity index is 4020. The van der Waals surface area contributed by atoms with Gasteiger partial charge in [-0.25, -0.2) is 33.6 Å². The summed E-state index contributed by atoms with van der Waals surface area (Å²) in [6.07, 6.45) is 93.5. The van der Waals surface area contributed by atoms with E-state index in [1.807, 2.05) is 0 Å². The van der Waals surface area contributed by atoms with Crippen LogP contribution >= 0.6 is 0 Å². The molecule has 4 aromatic rings. The third kappa shape index (κ3) is 64.9. The maximum atomic E-state index is 13.3. The average molecular weight is 2060 g/mol. The number of methoxy groups -OCH3 is 3. The number of carbonyl (C=O) groups excluding carboxylic acids is 7. The molecule has 0 aliphatic heterocycles. The van der Waals surface area contributed by atoms with Crippen LogP contribution in [0.15, 0.2) is 97.6 Å². The molecule has 0 aromatic heterocycles. The summed E-state index contributed by atoms with van der Waals surface area (Å²) >= 11 is 0. The maximum absolute atomic E-state index is 13.3. The Morgan fingerprint density at radius 1 is 0.196 bits per heavy atom. The van der Waals surface area contributed by atoms with Crippen molar-refractivity contribution in [2.24, 2.45) is 0 Å². The highest BCUT2D eigenvalue weighted by Crippen LogP contribution is 2.43. The van der Waals surface area contributed by atoms with Gasteiger partial charge < -0.3 is 52.1 Å². The molecule has 18 heteroatoms. The summed E-state index contributed by atoms with van der Waals surface area (Å²) in [5, 5.41) is 0. The van der Waals surface area contributed by atoms with Gasteiger partial charge in [0.25, 0.3) is 0 Å². The lowest BCUT2D eigenvalue weighted by atomic mass is 9.87. The van der Waals surface area contributed by atoms with Crippen molar-refractivity contribution in [3.63, 3.8) is 0 Å². The van der Waals surface area contributed by atoms with Gasteiger partial charge in [0.2, 0.25) is 0 Å². The number of esters is 7. The van der Waals surface area contributed by atoms with Crippen molar-refractivity contribution in [3.05, 3.63) is 164 Å². The zero-order chi connectivity index (χ0) is 106. The highest BCUT2D eigenvalue weighted by Gasteiger charge is 2.27. The monoisotopic (exact) mass is 2060 g/mol. The molecule has 0 radical (unpaired) electrons. The molecule has 5 rings (SSSR count). The minimum Gasteiger partial charge on any atom is -0.493 e. The second kappa shape index (κ2) is 89.9. The Balaban J connectivity index is 1.79. The fourth-order valence-corrected chi connectivity index (χ4v) is 20.4. The van der Waals surface area contributed by atoms with Crippen LogP contribution in [0.2, 0.25) is 0 Å². The SMILES string of the molecule is C=CC(=O)OCCCc1cc2c(OCCCCCCCCCCCCCCCCCC)c(c1)Cc1cc(CCCOC(=O)/C=C\C(=O)OC)cc(c1OCCCCCCCCCCCCCCCCCC)Cc1cc(CCCOC(=O)/C=C\C(=O)OC)cc(c1OCCCCCCCCCCCCCCCCCC)Cc1cc(CCCOC(=O)/C=C\C(=O)OC)cc(c1OCCCCCCCCCCCCCCCCCC)C2. The third-order valence-electron chi connectivity index (χ3n) is 29.0. The van der Waals surface area contributed by atoms with Crippen molar-refractivity contribution in [3.8, 4) is 23.0 Å². The topological polar surface area (TPSA) is 221 Å². The van der Waals surface area contributed by atoms with E-state index in [1.165, 1.54) is 361 Å². The predicted molar refractivity (Wildman–Crippen MR) is 608 cm³/mol. The number of hydrogen-bond acceptors (Lipinski definition) is 18. The lowest BCUT2D eigenvalue weighted by Gasteiger charge is -2.25. The first kappa shape index (κ1) is 130. The summed E-state index contributed by atoms with van der Waals surface area (Å²) in [4.78, 5) is 89.2. The zero-order valence-corrected chi connectivity index (χ0v) is 94.6. The molecule has 0 fully saturated rings. The fourth-order valence-electron chi connectivity index (χ4n) is 20.4. The minimum absolute atomic E-state index is 0.0849. The molecule has 18 nitrogen and oxygen atoms in total. The number of ether oxygens (including phenoxy) is 11. The molecular formula is C130H206O18. The first-order valence-electron chi connectivity index (χ1n) is 60.3. The van der Waals surface area contributed by atoms with E-state index >= 15 is 0 Å². The molecule has 1 aliphatic rings. The molecule has 0 amide bonds. The quantitative estimate of drug-likeness (QED) is 0.0153. The van der Waals surface area contributed by atoms with Crippen LogP contribution in [0.4, 0.5) is 0 Å². The maximum Gasteiger partial charge on any atom is 0.331 e. The van der Waals surface area contributed by atoms with Crippen molar-refractivity contribution >= 4 is 41.8 Å². The van der Waals surface area contributed by atoms with Crippen molar-refractivity contribution in [2.75, 3.05) is 74.2 Å². The molecule has 8 bridgehead atoms. The van der Waals surface area contributed by atoms with E-state index in [9.17, 15) is 33.6 Å². The van der Waals surface area contributed by atoms with Gasteiger partial charge in [0.15, 0.2) is 0 Å². The molecule has 834 valence electrons. The van der Waals surface area contributed by atoms with Gasteiger partial charge in [0.1, 0.15) is 23.0 Å². The molecule has 148 heavy (non-hydrogen) atoms. The van der Waals surface area contributed by atoms with Gasteiger partial charge in [-0.05, 0) is 144 Å². The van der Waals surface area contributed by atoms with Crippen LogP contribution in [0.5, 0.6) is 23.0 Å². The molecule has 0 saturated carbocycles. The summed E-state index contributed by atoms with van der Waals surface area (Å²) in [6, 6.07) is 18.3. The van der Waals surface area contributed by atoms with Gasteiger partial charge in [0, 0.05) is 68.2 Å². The number of aryl methyl sites for hydroxylation is 4. The normalized spacial score (nSPS) is 11.9. The summed E-state index contributed by atoms with van der Waals surface area (Å²) in [5.41, 5.74) is 11.9. The second-order valence-electron chi connectivity index (χ2n) is 42.1. The largest absolute Gasteiger partial charge is 0.493 e. The van der Waals surface area contributed by atoms with Crippen molar-refractivity contribution in [1.82, 2.24) is 0 Å². The van der Waals surface area contributed by atoms with Gasteiger partial charge in [-0.3, -0.25) is 0 Å². The molecule has 0 atom stereocenters. The number of fused-ring (bicyclic) bond motifs is 8. The van der Waals surface area contributed by atoms with Crippen LogP contribution in [-0.2, 0) is 118 Å². The molecule has 0 heterocycles. The highest BCUT2D eigenvalue weighted by molar-refractivity contribution is 5.93. The lowest BCUT2D eigenvalue weighted by molar-refractivity contribution is -0.139. The number of carbonyl (C=O) groups is 7. The Morgan fingerprint density at radius 2 is 0.338 bits per heavy atom. The Morgan fingerprint density at radius 3 is 0.486 bits per heavy atom. The summed E-state index contributed by atoms with van der Waals surface area (Å²) in [5.74, 6) is -1.15. The van der Waals surface area contributed by atoms with E-state index in [-0.39, 0.29) is 26.4 Å². The zero-order valence-electron chi connectivity index (χ0n) is 94.6. The van der Waals surface area contributed by atoms with Crippen molar-refractivity contribution < 1.29 is 85.7 Å². The lowest BCUT2D eigenvalue weighted by Crippen LogP contribution is -2.13. The summed E-state index contributed by atoms with van der Waals surface area (Å²) in [7, 11) is 3.81. The van der Waals surface area contributed by atoms with Crippen LogP contribution in [0.25, 0.3) is 0 Å². The van der Waals surface area contributed by atoms with Gasteiger partial charge in [-0.1, -0.05) is 468 Å². The van der Waals surface area contributed by atoms with E-state index < -0.39 is 41.8 Å². The van der Waals surface area contributed by atoms with Crippen LogP contribution < -0.4 is 18.9 Å². The average Bonchev–Trinajstić information content (AvgIpc) is 0.770. The number of benzene rings is 4. The molecule has 0 saturated heterocycles. The van der Waals surface area contributed by atoms with Crippen LogP contribution in [-0.4, -0.2) is 116 Å². The number of unbranched alkanes of at least 4 members (excludes halogenated alkanes) is 60. The third-order valence-corrected chi connectivity index (χ3v) is 29.0. The molecule has 0 N–H and O–H groups in total. The molecular weight excluding hydrogens is 1850 g/mol. The fraction of sp³-hybridized carbons (Fsp3) is 0.700. The molecule has 0 unspecified atom stereocenters. The van der Waals surface area contributed by atoms with E-state index in [1.54, 1.807) is 0 Å². The Kier molecular flexibility index (Phi) is 78.9. The van der Waals surface area contributed by atoms with Crippen LogP contribution in [0.3, 0.4) is 0 Å². The van der Waals surface area contributed by atoms with Crippen LogP contribution in [0, 0.1) is 0 Å². The molecule has 1 aliphatic carbocycles. The van der Waals surface area contributed by atoms with E-state index in [0.29, 0.717) is 103 Å². The number of hydrogen-bond donors (Lipinski definition) is 0. The smallest absolute Gasteiger partial charge is 0.331 e. The van der Waals surface area contributed by atoms with Crippen LogP contribution in [0.1, 0.15) is 531 Å². The second-order valence-corrected chi connectivity index (χ2v) is 42.1. The highest BCUT2D eigenvalue weighted by atomic mass is 16.6. The molecule has 4 aromatic carbocycles. The Labute approximate surface area is 899 Å². The first-order chi connectivity index (χ1) is 72.6. The first-order valence-corrected chi connectivity index (χ1v) is 60.3. The summed E-state index contributed by atoms with van der Waals surface area (Å²) < 4.78 is 67.9. The Hall–Kier alpha value is -8.67. The standard InChI is InChI=1S/C130H206O18/c1-9-14-18-22-26-30-34-38-42-46-50-54-58-62-66-70-88-145-127-112-96-108(78-74-92-141-120(131)13-5)97-113(127)105-115-99-110(80-76-94-143-125(136)86-83-122(133)139-7)101-117(129(115)147-90-72-68-64-60-56-52-48-44-40-36-32-28-24-20-16-11-3)107-119-103-111(81-77-95-144-126(137)87-84-123(134)140-8)102-118(130(119)148-91-73-69-65-61-57-53-49-45-41-37-33-29-25-21-17-12-4)106-116-100-109(79-75-93-142-124(135)85-82-121(132)138-6)98-114(104-112)128(116)146-89-71-67-63-59-55-51-47-43-39-35-31-27-23-19-15-10-2/h13,82-87,96-103H,5,9-12,14-81,88-95,104-107H2,1-4,6-8H3/b85-82-,86-83-,87-84-. The minimum atomic E-state index is -0.654. The van der Waals surface area contributed by atoms with Gasteiger partial charge in [-0.15, -0.1) is 0 Å².